The van der Waals surface area contributed by atoms with E-state index in [1.165, 1.54) is 0 Å². The first-order valence-electron chi connectivity index (χ1n) is 6.75. The van der Waals surface area contributed by atoms with Crippen molar-refractivity contribution in [2.45, 2.75) is 59.2 Å². The highest BCUT2D eigenvalue weighted by atomic mass is 16.6. The Balaban J connectivity index is 3.91. The molecule has 0 aliphatic heterocycles. The number of rotatable bonds is 6. The summed E-state index contributed by atoms with van der Waals surface area (Å²) in [5, 5.41) is 11.9. The van der Waals surface area contributed by atoms with Gasteiger partial charge in [-0.05, 0) is 48.0 Å². The van der Waals surface area contributed by atoms with Gasteiger partial charge in [0.25, 0.3) is 0 Å². The summed E-state index contributed by atoms with van der Waals surface area (Å²) in [5.41, 5.74) is -0.688. The second kappa shape index (κ2) is 7.70. The number of alkyl carbamates (subject to hydrolysis) is 1. The zero-order chi connectivity index (χ0) is 15.1. The van der Waals surface area contributed by atoms with Gasteiger partial charge in [-0.1, -0.05) is 0 Å². The van der Waals surface area contributed by atoms with Crippen LogP contribution in [0.5, 0.6) is 0 Å². The van der Waals surface area contributed by atoms with E-state index in [-0.39, 0.29) is 18.1 Å². The number of carbonyl (C=O) groups is 1. The second-order valence-corrected chi connectivity index (χ2v) is 6.68. The van der Waals surface area contributed by atoms with Crippen LogP contribution in [0.25, 0.3) is 0 Å². The molecular weight excluding hydrogens is 246 g/mol. The highest BCUT2D eigenvalue weighted by Gasteiger charge is 2.18. The average molecular weight is 275 g/mol. The molecule has 0 saturated carbocycles. The van der Waals surface area contributed by atoms with Crippen LogP contribution in [0.2, 0.25) is 0 Å². The molecule has 0 fully saturated rings. The van der Waals surface area contributed by atoms with Gasteiger partial charge in [0.2, 0.25) is 0 Å². The minimum atomic E-state index is -0.506. The highest BCUT2D eigenvalue weighted by molar-refractivity contribution is 5.67. The summed E-state index contributed by atoms with van der Waals surface area (Å²) in [6.07, 6.45) is 0.242. The summed E-state index contributed by atoms with van der Waals surface area (Å²) in [6, 6.07) is 0. The quantitative estimate of drug-likeness (QED) is 0.780. The molecule has 0 saturated heterocycles. The molecule has 0 spiro atoms. The molecule has 0 aromatic carbocycles. The molecule has 0 aliphatic carbocycles. The number of aliphatic hydroxyl groups is 1. The standard InChI is InChI=1S/C14H29NO4/c1-13(2,3)18-8-7-11(10-16)9-15-12(17)19-14(4,5)6/h11,16H,7-10H2,1-6H3,(H,15,17). The van der Waals surface area contributed by atoms with Gasteiger partial charge in [-0.15, -0.1) is 0 Å². The van der Waals surface area contributed by atoms with Crippen molar-refractivity contribution < 1.29 is 19.4 Å². The Morgan fingerprint density at radius 3 is 2.16 bits per heavy atom. The number of hydrogen-bond donors (Lipinski definition) is 2. The molecule has 19 heavy (non-hydrogen) atoms. The van der Waals surface area contributed by atoms with Gasteiger partial charge in [-0.2, -0.15) is 0 Å². The van der Waals surface area contributed by atoms with E-state index in [9.17, 15) is 9.90 Å². The summed E-state index contributed by atoms with van der Waals surface area (Å²) in [6.45, 7) is 12.4. The van der Waals surface area contributed by atoms with E-state index in [4.69, 9.17) is 9.47 Å². The van der Waals surface area contributed by atoms with Gasteiger partial charge < -0.3 is 19.9 Å². The van der Waals surface area contributed by atoms with Gasteiger partial charge in [0, 0.05) is 25.7 Å². The molecule has 0 rings (SSSR count). The molecule has 0 heterocycles. The molecule has 1 unspecified atom stereocenters. The molecule has 0 aliphatic rings. The molecule has 0 radical (unpaired) electrons. The van der Waals surface area contributed by atoms with E-state index in [1.54, 1.807) is 0 Å². The fourth-order valence-corrected chi connectivity index (χ4v) is 1.33. The molecule has 0 bridgehead atoms. The first kappa shape index (κ1) is 18.2. The number of amides is 1. The fourth-order valence-electron chi connectivity index (χ4n) is 1.33. The Labute approximate surface area is 116 Å². The van der Waals surface area contributed by atoms with Crippen LogP contribution < -0.4 is 5.32 Å². The van der Waals surface area contributed by atoms with E-state index in [1.807, 2.05) is 41.5 Å². The lowest BCUT2D eigenvalue weighted by molar-refractivity contribution is -0.0124. The third kappa shape index (κ3) is 12.0. The van der Waals surface area contributed by atoms with E-state index in [0.29, 0.717) is 19.6 Å². The van der Waals surface area contributed by atoms with Crippen LogP contribution in [0, 0.1) is 5.92 Å². The number of nitrogens with one attached hydrogen (secondary N) is 1. The minimum Gasteiger partial charge on any atom is -0.444 e. The molecule has 5 heteroatoms. The van der Waals surface area contributed by atoms with Gasteiger partial charge in [-0.25, -0.2) is 4.79 Å². The zero-order valence-corrected chi connectivity index (χ0v) is 13.1. The van der Waals surface area contributed by atoms with Crippen LogP contribution in [-0.4, -0.2) is 42.2 Å². The molecule has 2 N–H and O–H groups in total. The third-order valence-electron chi connectivity index (χ3n) is 2.25. The van der Waals surface area contributed by atoms with Gasteiger partial charge in [0.15, 0.2) is 0 Å². The summed E-state index contributed by atoms with van der Waals surface area (Å²) in [7, 11) is 0. The average Bonchev–Trinajstić information content (AvgIpc) is 2.18. The van der Waals surface area contributed by atoms with Crippen LogP contribution in [0.4, 0.5) is 4.79 Å². The molecule has 0 aromatic rings. The number of hydrogen-bond acceptors (Lipinski definition) is 4. The fraction of sp³-hybridized carbons (Fsp3) is 0.929. The normalized spacial score (nSPS) is 14.1. The number of ether oxygens (including phenoxy) is 2. The van der Waals surface area contributed by atoms with Gasteiger partial charge in [-0.3, -0.25) is 0 Å². The summed E-state index contributed by atoms with van der Waals surface area (Å²) in [5.74, 6) is -0.0186. The first-order valence-corrected chi connectivity index (χ1v) is 6.75. The molecule has 114 valence electrons. The highest BCUT2D eigenvalue weighted by Crippen LogP contribution is 2.10. The molecule has 1 amide bonds. The van der Waals surface area contributed by atoms with Crippen molar-refractivity contribution in [1.29, 1.82) is 0 Å². The van der Waals surface area contributed by atoms with Crippen molar-refractivity contribution in [3.05, 3.63) is 0 Å². The van der Waals surface area contributed by atoms with Crippen molar-refractivity contribution in [1.82, 2.24) is 5.32 Å². The van der Waals surface area contributed by atoms with E-state index >= 15 is 0 Å². The maximum Gasteiger partial charge on any atom is 0.407 e. The smallest absolute Gasteiger partial charge is 0.407 e. The Kier molecular flexibility index (Phi) is 7.37. The maximum absolute atomic E-state index is 11.5. The van der Waals surface area contributed by atoms with E-state index in [0.717, 1.165) is 0 Å². The van der Waals surface area contributed by atoms with E-state index in [2.05, 4.69) is 5.32 Å². The van der Waals surface area contributed by atoms with Crippen LogP contribution >= 0.6 is 0 Å². The van der Waals surface area contributed by atoms with Crippen molar-refractivity contribution >= 4 is 6.09 Å². The first-order chi connectivity index (χ1) is 8.53. The SMILES string of the molecule is CC(C)(C)OCCC(CO)CNC(=O)OC(C)(C)C. The molecule has 0 aromatic heterocycles. The van der Waals surface area contributed by atoms with Gasteiger partial charge in [0.05, 0.1) is 5.60 Å². The Hall–Kier alpha value is -0.810. The predicted octanol–water partition coefficient (Wildman–Crippen LogP) is 2.32. The van der Waals surface area contributed by atoms with Crippen LogP contribution in [0.1, 0.15) is 48.0 Å². The number of carbonyl (C=O) groups excluding carboxylic acids is 1. The molecule has 5 nitrogen and oxygen atoms in total. The predicted molar refractivity (Wildman–Crippen MR) is 75.1 cm³/mol. The lowest BCUT2D eigenvalue weighted by atomic mass is 10.1. The van der Waals surface area contributed by atoms with Gasteiger partial charge >= 0.3 is 6.09 Å². The van der Waals surface area contributed by atoms with Crippen molar-refractivity contribution in [3.8, 4) is 0 Å². The van der Waals surface area contributed by atoms with Gasteiger partial charge in [0.1, 0.15) is 5.60 Å². The summed E-state index contributed by atoms with van der Waals surface area (Å²) < 4.78 is 10.7. The van der Waals surface area contributed by atoms with Crippen LogP contribution in [0.15, 0.2) is 0 Å². The summed E-state index contributed by atoms with van der Waals surface area (Å²) >= 11 is 0. The lowest BCUT2D eigenvalue weighted by Gasteiger charge is -2.23. The third-order valence-corrected chi connectivity index (χ3v) is 2.25. The topological polar surface area (TPSA) is 67.8 Å². The number of aliphatic hydroxyl groups excluding tert-OH is 1. The van der Waals surface area contributed by atoms with Crippen molar-refractivity contribution in [2.75, 3.05) is 19.8 Å². The Bertz CT molecular complexity index is 266. The Morgan fingerprint density at radius 1 is 1.16 bits per heavy atom. The Morgan fingerprint density at radius 2 is 1.74 bits per heavy atom. The monoisotopic (exact) mass is 275 g/mol. The minimum absolute atomic E-state index is 0.0172. The van der Waals surface area contributed by atoms with Crippen LogP contribution in [-0.2, 0) is 9.47 Å². The van der Waals surface area contributed by atoms with Crippen molar-refractivity contribution in [2.24, 2.45) is 5.92 Å². The van der Waals surface area contributed by atoms with E-state index < -0.39 is 11.7 Å². The second-order valence-electron chi connectivity index (χ2n) is 6.68. The molecular formula is C14H29NO4. The maximum atomic E-state index is 11.5. The van der Waals surface area contributed by atoms with Crippen LogP contribution in [0.3, 0.4) is 0 Å². The van der Waals surface area contributed by atoms with Crippen molar-refractivity contribution in [3.63, 3.8) is 0 Å². The summed E-state index contributed by atoms with van der Waals surface area (Å²) in [4.78, 5) is 11.5. The largest absolute Gasteiger partial charge is 0.444 e. The zero-order valence-electron chi connectivity index (χ0n) is 13.1. The lowest BCUT2D eigenvalue weighted by Crippen LogP contribution is -2.36. The molecule has 1 atom stereocenters.